The standard InChI is InChI=1S/C28H42BrN3O3/c1-6-8-16-31(21-25-11-9-17-30(25)20-23-12-14-24(29)15-13-23)26(33)22-32(18-10-19-35-7-2)27(34)28(3,4)5/h9,11-15,17H,6-8,10,16,18-22H2,1-5H3. The highest BCUT2D eigenvalue weighted by Gasteiger charge is 2.29. The van der Waals surface area contributed by atoms with Gasteiger partial charge in [-0.1, -0.05) is 62.2 Å². The van der Waals surface area contributed by atoms with Gasteiger partial charge >= 0.3 is 0 Å². The Morgan fingerprint density at radius 3 is 2.31 bits per heavy atom. The first-order valence-corrected chi connectivity index (χ1v) is 13.5. The van der Waals surface area contributed by atoms with Crippen LogP contribution in [0.3, 0.4) is 0 Å². The van der Waals surface area contributed by atoms with Gasteiger partial charge in [0.25, 0.3) is 0 Å². The number of benzene rings is 1. The third-order valence-corrected chi connectivity index (χ3v) is 6.38. The number of amides is 2. The number of aromatic nitrogens is 1. The Balaban J connectivity index is 2.14. The molecule has 0 spiro atoms. The van der Waals surface area contributed by atoms with Crippen molar-refractivity contribution in [2.75, 3.05) is 32.8 Å². The molecule has 0 N–H and O–H groups in total. The predicted molar refractivity (Wildman–Crippen MR) is 145 cm³/mol. The van der Waals surface area contributed by atoms with Crippen molar-refractivity contribution >= 4 is 27.7 Å². The maximum absolute atomic E-state index is 13.5. The van der Waals surface area contributed by atoms with E-state index < -0.39 is 5.41 Å². The van der Waals surface area contributed by atoms with E-state index in [9.17, 15) is 9.59 Å². The van der Waals surface area contributed by atoms with Gasteiger partial charge in [0.15, 0.2) is 0 Å². The van der Waals surface area contributed by atoms with Crippen molar-refractivity contribution in [2.45, 2.75) is 67.0 Å². The van der Waals surface area contributed by atoms with Crippen LogP contribution < -0.4 is 0 Å². The largest absolute Gasteiger partial charge is 0.382 e. The number of nitrogens with zero attached hydrogens (tertiary/aromatic N) is 3. The minimum atomic E-state index is -0.542. The lowest BCUT2D eigenvalue weighted by atomic mass is 9.94. The van der Waals surface area contributed by atoms with Crippen molar-refractivity contribution in [3.8, 4) is 0 Å². The summed E-state index contributed by atoms with van der Waals surface area (Å²) in [6, 6.07) is 12.4. The van der Waals surface area contributed by atoms with Crippen LogP contribution in [0.1, 0.15) is 65.1 Å². The van der Waals surface area contributed by atoms with E-state index in [1.807, 2.05) is 50.8 Å². The van der Waals surface area contributed by atoms with Gasteiger partial charge in [0.05, 0.1) is 13.1 Å². The third-order valence-electron chi connectivity index (χ3n) is 5.85. The molecule has 1 aromatic heterocycles. The highest BCUT2D eigenvalue weighted by molar-refractivity contribution is 9.10. The summed E-state index contributed by atoms with van der Waals surface area (Å²) in [5, 5.41) is 0. The zero-order chi connectivity index (χ0) is 25.8. The zero-order valence-corrected chi connectivity index (χ0v) is 23.6. The summed E-state index contributed by atoms with van der Waals surface area (Å²) >= 11 is 3.49. The summed E-state index contributed by atoms with van der Waals surface area (Å²) in [4.78, 5) is 30.2. The molecule has 2 rings (SSSR count). The summed E-state index contributed by atoms with van der Waals surface area (Å²) in [5.41, 5.74) is 1.75. The van der Waals surface area contributed by atoms with Gasteiger partial charge in [-0.25, -0.2) is 0 Å². The molecule has 1 heterocycles. The first-order chi connectivity index (χ1) is 16.7. The Morgan fingerprint density at radius 1 is 1.00 bits per heavy atom. The second kappa shape index (κ2) is 14.4. The Kier molecular flexibility index (Phi) is 12.0. The number of carbonyl (C=O) groups excluding carboxylic acids is 2. The second-order valence-electron chi connectivity index (χ2n) is 9.95. The minimum absolute atomic E-state index is 0.00333. The van der Waals surface area contributed by atoms with E-state index in [-0.39, 0.29) is 18.4 Å². The molecule has 0 aliphatic heterocycles. The maximum atomic E-state index is 13.5. The molecule has 0 aliphatic rings. The number of halogens is 1. The predicted octanol–water partition coefficient (Wildman–Crippen LogP) is 5.73. The molecule has 7 heteroatoms. The van der Waals surface area contributed by atoms with Gasteiger partial charge < -0.3 is 19.1 Å². The molecule has 0 radical (unpaired) electrons. The maximum Gasteiger partial charge on any atom is 0.242 e. The fourth-order valence-corrected chi connectivity index (χ4v) is 4.13. The Labute approximate surface area is 219 Å². The van der Waals surface area contributed by atoms with E-state index >= 15 is 0 Å². The van der Waals surface area contributed by atoms with Crippen LogP contribution in [-0.4, -0.2) is 59.0 Å². The molecule has 0 saturated heterocycles. The van der Waals surface area contributed by atoms with E-state index in [0.717, 1.165) is 29.6 Å². The Bertz CT molecular complexity index is 918. The van der Waals surface area contributed by atoms with Crippen molar-refractivity contribution < 1.29 is 14.3 Å². The molecule has 194 valence electrons. The lowest BCUT2D eigenvalue weighted by molar-refractivity contribution is -0.146. The molecule has 1 aromatic carbocycles. The van der Waals surface area contributed by atoms with Crippen LogP contribution in [0.15, 0.2) is 47.1 Å². The topological polar surface area (TPSA) is 54.8 Å². The van der Waals surface area contributed by atoms with Gasteiger partial charge in [0, 0.05) is 54.6 Å². The van der Waals surface area contributed by atoms with Crippen LogP contribution in [-0.2, 0) is 27.4 Å². The quantitative estimate of drug-likeness (QED) is 0.284. The normalized spacial score (nSPS) is 11.5. The highest BCUT2D eigenvalue weighted by atomic mass is 79.9. The molecular weight excluding hydrogens is 506 g/mol. The first-order valence-electron chi connectivity index (χ1n) is 12.7. The van der Waals surface area contributed by atoms with Crippen LogP contribution >= 0.6 is 15.9 Å². The molecule has 0 atom stereocenters. The van der Waals surface area contributed by atoms with Gasteiger partial charge in [-0.15, -0.1) is 0 Å². The van der Waals surface area contributed by atoms with Crippen LogP contribution in [0.5, 0.6) is 0 Å². The van der Waals surface area contributed by atoms with E-state index in [1.54, 1.807) is 4.90 Å². The van der Waals surface area contributed by atoms with Crippen molar-refractivity contribution in [1.82, 2.24) is 14.4 Å². The SMILES string of the molecule is CCCCN(Cc1cccn1Cc1ccc(Br)cc1)C(=O)CN(CCCOCC)C(=O)C(C)(C)C. The number of rotatable bonds is 14. The monoisotopic (exact) mass is 547 g/mol. The second-order valence-corrected chi connectivity index (χ2v) is 10.9. The Morgan fingerprint density at radius 2 is 1.69 bits per heavy atom. The molecule has 0 fully saturated rings. The molecule has 35 heavy (non-hydrogen) atoms. The number of unbranched alkanes of at least 4 members (excludes halogenated alkanes) is 1. The molecule has 2 aromatic rings. The zero-order valence-electron chi connectivity index (χ0n) is 22.1. The van der Waals surface area contributed by atoms with Crippen LogP contribution in [0, 0.1) is 5.41 Å². The average molecular weight is 549 g/mol. The number of carbonyl (C=O) groups is 2. The molecule has 0 saturated carbocycles. The molecule has 0 unspecified atom stereocenters. The van der Waals surface area contributed by atoms with E-state index in [1.165, 1.54) is 5.56 Å². The summed E-state index contributed by atoms with van der Waals surface area (Å²) in [7, 11) is 0. The number of ether oxygens (including phenoxy) is 1. The third kappa shape index (κ3) is 9.80. The summed E-state index contributed by atoms with van der Waals surface area (Å²) in [6.07, 6.45) is 4.70. The van der Waals surface area contributed by atoms with Crippen molar-refractivity contribution in [3.05, 3.63) is 58.3 Å². The summed E-state index contributed by atoms with van der Waals surface area (Å²) in [5.74, 6) is -0.0137. The van der Waals surface area contributed by atoms with Crippen molar-refractivity contribution in [3.63, 3.8) is 0 Å². The summed E-state index contributed by atoms with van der Waals surface area (Å²) < 4.78 is 8.70. The molecular formula is C28H42BrN3O3. The first kappa shape index (κ1) is 29.1. The number of hydrogen-bond acceptors (Lipinski definition) is 3. The lowest BCUT2D eigenvalue weighted by Crippen LogP contribution is -2.47. The fraction of sp³-hybridized carbons (Fsp3) is 0.571. The van der Waals surface area contributed by atoms with Crippen molar-refractivity contribution in [1.29, 1.82) is 0 Å². The molecule has 0 bridgehead atoms. The van der Waals surface area contributed by atoms with Crippen molar-refractivity contribution in [2.24, 2.45) is 5.41 Å². The van der Waals surface area contributed by atoms with Gasteiger partial charge in [-0.2, -0.15) is 0 Å². The van der Waals surface area contributed by atoms with E-state index in [0.29, 0.717) is 39.3 Å². The van der Waals surface area contributed by atoms with E-state index in [2.05, 4.69) is 51.8 Å². The molecule has 2 amide bonds. The van der Waals surface area contributed by atoms with E-state index in [4.69, 9.17) is 4.74 Å². The minimum Gasteiger partial charge on any atom is -0.382 e. The smallest absolute Gasteiger partial charge is 0.242 e. The lowest BCUT2D eigenvalue weighted by Gasteiger charge is -2.32. The van der Waals surface area contributed by atoms with Gasteiger partial charge in [-0.05, 0) is 49.6 Å². The van der Waals surface area contributed by atoms with Crippen LogP contribution in [0.2, 0.25) is 0 Å². The average Bonchev–Trinajstić information content (AvgIpc) is 3.25. The van der Waals surface area contributed by atoms with Crippen LogP contribution in [0.4, 0.5) is 0 Å². The number of hydrogen-bond donors (Lipinski definition) is 0. The fourth-order valence-electron chi connectivity index (χ4n) is 3.86. The highest BCUT2D eigenvalue weighted by Crippen LogP contribution is 2.19. The summed E-state index contributed by atoms with van der Waals surface area (Å²) in [6.45, 7) is 13.6. The Hall–Kier alpha value is -2.12. The van der Waals surface area contributed by atoms with Crippen LogP contribution in [0.25, 0.3) is 0 Å². The molecule has 6 nitrogen and oxygen atoms in total. The van der Waals surface area contributed by atoms with Gasteiger partial charge in [0.2, 0.25) is 11.8 Å². The van der Waals surface area contributed by atoms with Gasteiger partial charge in [0.1, 0.15) is 0 Å². The molecule has 0 aliphatic carbocycles. The van der Waals surface area contributed by atoms with Gasteiger partial charge in [-0.3, -0.25) is 9.59 Å².